The molecule has 0 aliphatic carbocycles. The Balaban J connectivity index is 1.96. The summed E-state index contributed by atoms with van der Waals surface area (Å²) in [6.45, 7) is 0. The Morgan fingerprint density at radius 2 is 1.93 bits per heavy atom. The second-order valence-corrected chi connectivity index (χ2v) is 6.25. The molecule has 1 amide bonds. The van der Waals surface area contributed by atoms with Crippen LogP contribution in [0.4, 0.5) is 11.5 Å². The van der Waals surface area contributed by atoms with Gasteiger partial charge in [-0.15, -0.1) is 11.8 Å². The van der Waals surface area contributed by atoms with E-state index >= 15 is 0 Å². The van der Waals surface area contributed by atoms with Crippen molar-refractivity contribution in [3.63, 3.8) is 0 Å². The smallest absolute Gasteiger partial charge is 0.262 e. The number of thioether (sulfide) groups is 1. The van der Waals surface area contributed by atoms with Crippen LogP contribution >= 0.6 is 11.8 Å². The van der Waals surface area contributed by atoms with Gasteiger partial charge in [0.15, 0.2) is 5.82 Å². The maximum Gasteiger partial charge on any atom is 0.262 e. The Kier molecular flexibility index (Phi) is 5.87. The summed E-state index contributed by atoms with van der Waals surface area (Å²) in [5, 5.41) is 6.46. The number of nitrogens with one attached hydrogen (secondary N) is 2. The number of hydrogen-bond donors (Lipinski definition) is 2. The first kappa shape index (κ1) is 18.7. The molecule has 0 aliphatic rings. The number of ether oxygens (including phenoxy) is 1. The first-order valence-corrected chi connectivity index (χ1v) is 9.38. The fourth-order valence-electron chi connectivity index (χ4n) is 2.47. The average Bonchev–Trinajstić information content (AvgIpc) is 2.73. The number of aromatic nitrogens is 3. The van der Waals surface area contributed by atoms with Crippen molar-refractivity contribution in [2.24, 2.45) is 0 Å². The summed E-state index contributed by atoms with van der Waals surface area (Å²) in [5.74, 6) is 1.40. The number of methoxy groups -OCH3 is 1. The van der Waals surface area contributed by atoms with Crippen LogP contribution in [0.5, 0.6) is 5.75 Å². The molecule has 0 saturated carbocycles. The van der Waals surface area contributed by atoms with Crippen molar-refractivity contribution < 1.29 is 9.53 Å². The molecule has 2 N–H and O–H groups in total. The highest BCUT2D eigenvalue weighted by Crippen LogP contribution is 2.28. The first-order chi connectivity index (χ1) is 13.2. The Hall–Kier alpha value is -3.13. The third-order valence-electron chi connectivity index (χ3n) is 3.80. The third kappa shape index (κ3) is 4.17. The molecule has 0 aliphatic heterocycles. The second-order valence-electron chi connectivity index (χ2n) is 5.45. The quantitative estimate of drug-likeness (QED) is 0.498. The fourth-order valence-corrected chi connectivity index (χ4v) is 3.04. The lowest BCUT2D eigenvalue weighted by Crippen LogP contribution is -2.17. The van der Waals surface area contributed by atoms with Crippen molar-refractivity contribution >= 4 is 29.2 Å². The SMILES string of the molecule is CNc1nc(-c2cccnc2)nc(SC)c1C(=O)Nc1ccc(OC)cc1. The van der Waals surface area contributed by atoms with Crippen LogP contribution in [0.15, 0.2) is 53.8 Å². The summed E-state index contributed by atoms with van der Waals surface area (Å²) in [5.41, 5.74) is 1.84. The molecule has 0 unspecified atom stereocenters. The Morgan fingerprint density at radius 3 is 2.52 bits per heavy atom. The van der Waals surface area contributed by atoms with Gasteiger partial charge in [0.1, 0.15) is 22.2 Å². The number of anilines is 2. The number of rotatable bonds is 6. The van der Waals surface area contributed by atoms with Crippen molar-refractivity contribution in [2.45, 2.75) is 5.03 Å². The Bertz CT molecular complexity index is 908. The highest BCUT2D eigenvalue weighted by Gasteiger charge is 2.21. The molecule has 2 aromatic heterocycles. The van der Waals surface area contributed by atoms with Crippen LogP contribution in [0.1, 0.15) is 10.4 Å². The van der Waals surface area contributed by atoms with Gasteiger partial charge >= 0.3 is 0 Å². The fraction of sp³-hybridized carbons (Fsp3) is 0.158. The Labute approximate surface area is 161 Å². The minimum atomic E-state index is -0.286. The number of amides is 1. The molecule has 138 valence electrons. The molecule has 0 spiro atoms. The molecule has 0 bridgehead atoms. The summed E-state index contributed by atoms with van der Waals surface area (Å²) in [4.78, 5) is 26.0. The first-order valence-electron chi connectivity index (χ1n) is 8.16. The lowest BCUT2D eigenvalue weighted by atomic mass is 10.2. The lowest BCUT2D eigenvalue weighted by molar-refractivity contribution is 0.102. The molecular weight excluding hydrogens is 362 g/mol. The van der Waals surface area contributed by atoms with Crippen LogP contribution in [0, 0.1) is 0 Å². The topological polar surface area (TPSA) is 89.0 Å². The van der Waals surface area contributed by atoms with E-state index in [0.29, 0.717) is 27.9 Å². The minimum absolute atomic E-state index is 0.286. The van der Waals surface area contributed by atoms with E-state index < -0.39 is 0 Å². The van der Waals surface area contributed by atoms with Gasteiger partial charge in [-0.1, -0.05) is 0 Å². The number of carbonyl (C=O) groups excluding carboxylic acids is 1. The highest BCUT2D eigenvalue weighted by atomic mass is 32.2. The van der Waals surface area contributed by atoms with Gasteiger partial charge in [0.25, 0.3) is 5.91 Å². The average molecular weight is 381 g/mol. The molecule has 0 radical (unpaired) electrons. The predicted octanol–water partition coefficient (Wildman–Crippen LogP) is 3.56. The number of hydrogen-bond acceptors (Lipinski definition) is 7. The molecule has 7 nitrogen and oxygen atoms in total. The van der Waals surface area contributed by atoms with Crippen LogP contribution in [0.25, 0.3) is 11.4 Å². The van der Waals surface area contributed by atoms with Gasteiger partial charge in [-0.2, -0.15) is 0 Å². The summed E-state index contributed by atoms with van der Waals surface area (Å²) in [7, 11) is 3.32. The van der Waals surface area contributed by atoms with E-state index in [0.717, 1.165) is 11.3 Å². The van der Waals surface area contributed by atoms with Crippen LogP contribution in [-0.2, 0) is 0 Å². The largest absolute Gasteiger partial charge is 0.497 e. The number of benzene rings is 1. The lowest BCUT2D eigenvalue weighted by Gasteiger charge is -2.14. The summed E-state index contributed by atoms with van der Waals surface area (Å²) < 4.78 is 5.14. The third-order valence-corrected chi connectivity index (χ3v) is 4.48. The van der Waals surface area contributed by atoms with Crippen molar-refractivity contribution in [3.8, 4) is 17.1 Å². The van der Waals surface area contributed by atoms with Crippen molar-refractivity contribution in [1.29, 1.82) is 0 Å². The van der Waals surface area contributed by atoms with Gasteiger partial charge in [-0.3, -0.25) is 9.78 Å². The molecule has 0 atom stereocenters. The van der Waals surface area contributed by atoms with Gasteiger partial charge < -0.3 is 15.4 Å². The molecule has 2 heterocycles. The van der Waals surface area contributed by atoms with Gasteiger partial charge in [-0.25, -0.2) is 9.97 Å². The number of nitrogens with zero attached hydrogens (tertiary/aromatic N) is 3. The molecule has 3 aromatic rings. The summed E-state index contributed by atoms with van der Waals surface area (Å²) in [6, 6.07) is 10.8. The van der Waals surface area contributed by atoms with Crippen LogP contribution in [-0.4, -0.2) is 41.3 Å². The molecular formula is C19H19N5O2S. The molecule has 3 rings (SSSR count). The minimum Gasteiger partial charge on any atom is -0.497 e. The Morgan fingerprint density at radius 1 is 1.15 bits per heavy atom. The van der Waals surface area contributed by atoms with Crippen molar-refractivity contribution in [2.75, 3.05) is 31.0 Å². The van der Waals surface area contributed by atoms with Gasteiger partial charge in [-0.05, 0) is 42.7 Å². The summed E-state index contributed by atoms with van der Waals surface area (Å²) in [6.07, 6.45) is 5.25. The van der Waals surface area contributed by atoms with E-state index in [1.807, 2.05) is 18.4 Å². The zero-order valence-corrected chi connectivity index (χ0v) is 16.0. The second kappa shape index (κ2) is 8.50. The zero-order chi connectivity index (χ0) is 19.2. The molecule has 0 saturated heterocycles. The van der Waals surface area contributed by atoms with E-state index in [1.54, 1.807) is 50.8 Å². The van der Waals surface area contributed by atoms with Gasteiger partial charge in [0.2, 0.25) is 0 Å². The van der Waals surface area contributed by atoms with E-state index in [1.165, 1.54) is 11.8 Å². The molecule has 27 heavy (non-hydrogen) atoms. The van der Waals surface area contributed by atoms with Crippen LogP contribution in [0.2, 0.25) is 0 Å². The van der Waals surface area contributed by atoms with Crippen LogP contribution in [0.3, 0.4) is 0 Å². The summed E-state index contributed by atoms with van der Waals surface area (Å²) >= 11 is 1.39. The van der Waals surface area contributed by atoms with E-state index in [2.05, 4.69) is 25.6 Å². The highest BCUT2D eigenvalue weighted by molar-refractivity contribution is 7.98. The van der Waals surface area contributed by atoms with Gasteiger partial charge in [0.05, 0.1) is 7.11 Å². The standard InChI is InChI=1S/C19H19N5O2S/c1-20-17-15(18(25)22-13-6-8-14(26-2)9-7-13)19(27-3)24-16(23-17)12-5-4-10-21-11-12/h4-11H,1-3H3,(H,22,25)(H,20,23,24). The molecule has 8 heteroatoms. The normalized spacial score (nSPS) is 10.3. The van der Waals surface area contributed by atoms with E-state index in [-0.39, 0.29) is 5.91 Å². The van der Waals surface area contributed by atoms with Crippen molar-refractivity contribution in [1.82, 2.24) is 15.0 Å². The van der Waals surface area contributed by atoms with E-state index in [4.69, 9.17) is 4.74 Å². The molecule has 0 fully saturated rings. The van der Waals surface area contributed by atoms with Crippen LogP contribution < -0.4 is 15.4 Å². The molecule has 1 aromatic carbocycles. The predicted molar refractivity (Wildman–Crippen MR) is 108 cm³/mol. The maximum absolute atomic E-state index is 12.9. The van der Waals surface area contributed by atoms with E-state index in [9.17, 15) is 4.79 Å². The maximum atomic E-state index is 12.9. The monoisotopic (exact) mass is 381 g/mol. The number of carbonyl (C=O) groups is 1. The van der Waals surface area contributed by atoms with Crippen molar-refractivity contribution in [3.05, 3.63) is 54.4 Å². The van der Waals surface area contributed by atoms with Gasteiger partial charge in [0, 0.05) is 30.7 Å². The zero-order valence-electron chi connectivity index (χ0n) is 15.2. The number of pyridine rings is 1.